The quantitative estimate of drug-likeness (QED) is 0.425. The Morgan fingerprint density at radius 3 is 2.59 bits per heavy atom. The Hall–Kier alpha value is -3.79. The van der Waals surface area contributed by atoms with Gasteiger partial charge < -0.3 is 20.6 Å². The van der Waals surface area contributed by atoms with Crippen molar-refractivity contribution in [3.8, 4) is 17.1 Å². The first-order valence-electron chi connectivity index (χ1n) is 11.3. The van der Waals surface area contributed by atoms with Gasteiger partial charge in [-0.15, -0.1) is 0 Å². The van der Waals surface area contributed by atoms with E-state index in [0.717, 1.165) is 24.3 Å². The molecule has 1 aliphatic heterocycles. The van der Waals surface area contributed by atoms with Gasteiger partial charge >= 0.3 is 0 Å². The molecule has 0 unspecified atom stereocenters. The van der Waals surface area contributed by atoms with Crippen molar-refractivity contribution in [1.82, 2.24) is 35.4 Å². The number of amides is 1. The molecule has 3 N–H and O–H groups in total. The molecule has 176 valence electrons. The van der Waals surface area contributed by atoms with Crippen LogP contribution in [0.2, 0.25) is 0 Å². The summed E-state index contributed by atoms with van der Waals surface area (Å²) in [5, 5.41) is 22.4. The maximum Gasteiger partial charge on any atom is 0.272 e. The highest BCUT2D eigenvalue weighted by Crippen LogP contribution is 2.36. The van der Waals surface area contributed by atoms with E-state index in [0.29, 0.717) is 39.8 Å². The van der Waals surface area contributed by atoms with E-state index >= 15 is 0 Å². The van der Waals surface area contributed by atoms with E-state index in [9.17, 15) is 9.90 Å². The Morgan fingerprint density at radius 2 is 1.88 bits per heavy atom. The van der Waals surface area contributed by atoms with Crippen molar-refractivity contribution in [3.05, 3.63) is 35.7 Å². The van der Waals surface area contributed by atoms with E-state index in [-0.39, 0.29) is 23.2 Å². The van der Waals surface area contributed by atoms with Crippen molar-refractivity contribution >= 4 is 33.7 Å². The number of nitrogens with zero attached hydrogens (tertiary/aromatic N) is 6. The lowest BCUT2D eigenvalue weighted by molar-refractivity contribution is 0.0959. The smallest absolute Gasteiger partial charge is 0.272 e. The number of carbonyl (C=O) groups is 1. The second-order valence-electron chi connectivity index (χ2n) is 9.02. The van der Waals surface area contributed by atoms with Crippen LogP contribution in [0.15, 0.2) is 24.4 Å². The van der Waals surface area contributed by atoms with Crippen molar-refractivity contribution in [2.24, 2.45) is 7.05 Å². The molecule has 4 heterocycles. The molecular formula is C24H28N8O2. The van der Waals surface area contributed by atoms with Crippen LogP contribution in [-0.2, 0) is 7.05 Å². The molecule has 5 rings (SSSR count). The number of anilines is 1. The number of hydrogen-bond donors (Lipinski definition) is 3. The number of rotatable bonds is 3. The molecule has 10 heteroatoms. The fourth-order valence-corrected chi connectivity index (χ4v) is 4.70. The first kappa shape index (κ1) is 22.0. The Bertz CT molecular complexity index is 1420. The monoisotopic (exact) mass is 460 g/mol. The number of nitrogens with one attached hydrogen (secondary N) is 2. The van der Waals surface area contributed by atoms with Gasteiger partial charge in [0.25, 0.3) is 5.91 Å². The van der Waals surface area contributed by atoms with Crippen molar-refractivity contribution in [2.75, 3.05) is 25.0 Å². The number of phenolic OH excluding ortho intramolecular Hbond substituents is 1. The van der Waals surface area contributed by atoms with E-state index in [1.165, 1.54) is 0 Å². The zero-order valence-electron chi connectivity index (χ0n) is 19.9. The molecule has 1 saturated heterocycles. The number of piperazine rings is 1. The van der Waals surface area contributed by atoms with Crippen molar-refractivity contribution in [1.29, 1.82) is 0 Å². The van der Waals surface area contributed by atoms with Gasteiger partial charge in [0.05, 0.1) is 16.6 Å². The lowest BCUT2D eigenvalue weighted by Crippen LogP contribution is -2.54. The van der Waals surface area contributed by atoms with Crippen LogP contribution in [0.25, 0.3) is 33.3 Å². The van der Waals surface area contributed by atoms with E-state index in [1.54, 1.807) is 24.7 Å². The summed E-state index contributed by atoms with van der Waals surface area (Å²) in [6.07, 6.45) is 1.87. The largest absolute Gasteiger partial charge is 0.507 e. The van der Waals surface area contributed by atoms with Gasteiger partial charge in [-0.05, 0) is 39.0 Å². The van der Waals surface area contributed by atoms with Crippen molar-refractivity contribution in [2.45, 2.75) is 32.9 Å². The van der Waals surface area contributed by atoms with Crippen LogP contribution in [0, 0.1) is 6.92 Å². The van der Waals surface area contributed by atoms with Crippen LogP contribution in [-0.4, -0.2) is 68.0 Å². The van der Waals surface area contributed by atoms with Gasteiger partial charge in [0.2, 0.25) is 0 Å². The maximum absolute atomic E-state index is 12.8. The number of phenols is 1. The van der Waals surface area contributed by atoms with Gasteiger partial charge in [0, 0.05) is 56.4 Å². The summed E-state index contributed by atoms with van der Waals surface area (Å²) >= 11 is 0. The molecule has 0 radical (unpaired) electrons. The predicted molar refractivity (Wildman–Crippen MR) is 131 cm³/mol. The van der Waals surface area contributed by atoms with Crippen LogP contribution in [0.4, 0.5) is 5.82 Å². The standard InChI is InChI=1S/C24H28N8O2/c1-12-9-32(10-13(2)26-12)18-7-6-17-20(28-18)21(24(34)25-4)29-23(27-17)16-8-15-11-31(5)30-19(15)14(3)22(16)33/h6-8,11-13,26,33H,9-10H2,1-5H3,(H,25,34)/t12-,13-/m1/s1. The molecule has 34 heavy (non-hydrogen) atoms. The van der Waals surface area contributed by atoms with Crippen LogP contribution < -0.4 is 15.5 Å². The number of benzene rings is 1. The fraction of sp³-hybridized carbons (Fsp3) is 0.375. The minimum Gasteiger partial charge on any atom is -0.507 e. The van der Waals surface area contributed by atoms with Gasteiger partial charge in [0.1, 0.15) is 17.1 Å². The van der Waals surface area contributed by atoms with E-state index in [2.05, 4.69) is 44.4 Å². The molecule has 3 aromatic heterocycles. The van der Waals surface area contributed by atoms with E-state index < -0.39 is 0 Å². The molecule has 0 aliphatic carbocycles. The zero-order valence-corrected chi connectivity index (χ0v) is 19.9. The molecule has 1 amide bonds. The van der Waals surface area contributed by atoms with Gasteiger partial charge in [0.15, 0.2) is 11.5 Å². The molecule has 0 saturated carbocycles. The minimum atomic E-state index is -0.362. The molecule has 2 atom stereocenters. The van der Waals surface area contributed by atoms with E-state index in [4.69, 9.17) is 4.98 Å². The molecular weight excluding hydrogens is 432 g/mol. The average molecular weight is 461 g/mol. The summed E-state index contributed by atoms with van der Waals surface area (Å²) in [6, 6.07) is 6.23. The van der Waals surface area contributed by atoms with Crippen LogP contribution >= 0.6 is 0 Å². The van der Waals surface area contributed by atoms with Crippen LogP contribution in [0.1, 0.15) is 29.9 Å². The van der Waals surface area contributed by atoms with Gasteiger partial charge in [-0.25, -0.2) is 15.0 Å². The third-order valence-electron chi connectivity index (χ3n) is 6.21. The Kier molecular flexibility index (Phi) is 5.32. The lowest BCUT2D eigenvalue weighted by atomic mass is 10.0. The SMILES string of the molecule is CNC(=O)c1nc(-c2cc3cn(C)nc3c(C)c2O)nc2ccc(N3C[C@@H](C)N[C@H](C)C3)nc12. The summed E-state index contributed by atoms with van der Waals surface area (Å²) < 4.78 is 1.70. The number of aromatic hydroxyl groups is 1. The first-order chi connectivity index (χ1) is 16.2. The third-order valence-corrected chi connectivity index (χ3v) is 6.21. The topological polar surface area (TPSA) is 121 Å². The number of pyridine rings is 1. The lowest BCUT2D eigenvalue weighted by Gasteiger charge is -2.37. The highest BCUT2D eigenvalue weighted by molar-refractivity contribution is 6.04. The fourth-order valence-electron chi connectivity index (χ4n) is 4.70. The van der Waals surface area contributed by atoms with Gasteiger partial charge in [-0.3, -0.25) is 9.48 Å². The number of carbonyl (C=O) groups excluding carboxylic acids is 1. The minimum absolute atomic E-state index is 0.0433. The van der Waals surface area contributed by atoms with Gasteiger partial charge in [-0.2, -0.15) is 5.10 Å². The molecule has 0 bridgehead atoms. The average Bonchev–Trinajstić information content (AvgIpc) is 3.19. The number of aryl methyl sites for hydroxylation is 2. The summed E-state index contributed by atoms with van der Waals surface area (Å²) in [6.45, 7) is 7.72. The van der Waals surface area contributed by atoms with Gasteiger partial charge in [-0.1, -0.05) is 0 Å². The molecule has 1 aliphatic rings. The second kappa shape index (κ2) is 8.21. The van der Waals surface area contributed by atoms with Crippen molar-refractivity contribution < 1.29 is 9.90 Å². The zero-order chi connectivity index (χ0) is 24.1. The summed E-state index contributed by atoms with van der Waals surface area (Å²) in [5.74, 6) is 0.724. The summed E-state index contributed by atoms with van der Waals surface area (Å²) in [5.41, 5.74) is 2.92. The molecule has 4 aromatic rings. The maximum atomic E-state index is 12.8. The Labute approximate surface area is 197 Å². The normalized spacial score (nSPS) is 18.6. The van der Waals surface area contributed by atoms with E-state index in [1.807, 2.05) is 25.4 Å². The summed E-state index contributed by atoms with van der Waals surface area (Å²) in [4.78, 5) is 29.1. The first-order valence-corrected chi connectivity index (χ1v) is 11.3. The Morgan fingerprint density at radius 1 is 1.15 bits per heavy atom. The van der Waals surface area contributed by atoms with Crippen LogP contribution in [0.5, 0.6) is 5.75 Å². The number of hydrogen-bond acceptors (Lipinski definition) is 8. The third kappa shape index (κ3) is 3.69. The number of aromatic nitrogens is 5. The Balaban J connectivity index is 1.68. The number of fused-ring (bicyclic) bond motifs is 2. The molecule has 10 nitrogen and oxygen atoms in total. The second-order valence-corrected chi connectivity index (χ2v) is 9.02. The highest BCUT2D eigenvalue weighted by atomic mass is 16.3. The molecule has 0 spiro atoms. The molecule has 1 fully saturated rings. The predicted octanol–water partition coefficient (Wildman–Crippen LogP) is 2.14. The molecule has 1 aromatic carbocycles. The van der Waals surface area contributed by atoms with Crippen molar-refractivity contribution in [3.63, 3.8) is 0 Å². The highest BCUT2D eigenvalue weighted by Gasteiger charge is 2.24. The summed E-state index contributed by atoms with van der Waals surface area (Å²) in [7, 11) is 3.39. The van der Waals surface area contributed by atoms with Crippen LogP contribution in [0.3, 0.4) is 0 Å².